The summed E-state index contributed by atoms with van der Waals surface area (Å²) in [6.45, 7) is 8.52. The van der Waals surface area contributed by atoms with Crippen molar-refractivity contribution in [1.29, 1.82) is 0 Å². The molecular weight excluding hydrogens is 591 g/mol. The highest BCUT2D eigenvalue weighted by Crippen LogP contribution is 2.63. The summed E-state index contributed by atoms with van der Waals surface area (Å²) in [6.07, 6.45) is 0. The minimum Gasteiger partial charge on any atom is -0.399 e. The highest BCUT2D eigenvalue weighted by Gasteiger charge is 2.54. The molecule has 0 amide bonds. The monoisotopic (exact) mass is 624 g/mol. The van der Waals surface area contributed by atoms with E-state index >= 15 is 0 Å². The molecule has 226 valence electrons. The molecule has 0 radical (unpaired) electrons. The van der Waals surface area contributed by atoms with Gasteiger partial charge in [-0.05, 0) is 101 Å². The molecule has 0 bridgehead atoms. The minimum absolute atomic E-state index is 0.431. The van der Waals surface area contributed by atoms with Gasteiger partial charge in [0.25, 0.3) is 0 Å². The Morgan fingerprint density at radius 1 is 0.489 bits per heavy atom. The van der Waals surface area contributed by atoms with Gasteiger partial charge in [0, 0.05) is 20.2 Å². The SMILES string of the molecule is CC1(C)OB(c2ccc3c(c2)C2(c4ccccc4-c4ccccc4-3)c3ccccc3-c3c2ccc2sc4ccccc4c32)OC1(C)C. The van der Waals surface area contributed by atoms with Gasteiger partial charge in [0.15, 0.2) is 0 Å². The largest absolute Gasteiger partial charge is 0.494 e. The van der Waals surface area contributed by atoms with E-state index in [9.17, 15) is 0 Å². The average molecular weight is 625 g/mol. The summed E-state index contributed by atoms with van der Waals surface area (Å²) < 4.78 is 16.0. The lowest BCUT2D eigenvalue weighted by molar-refractivity contribution is 0.00578. The third-order valence-corrected chi connectivity index (χ3v) is 12.5. The van der Waals surface area contributed by atoms with Crippen molar-refractivity contribution in [3.05, 3.63) is 150 Å². The second-order valence-corrected chi connectivity index (χ2v) is 15.3. The van der Waals surface area contributed by atoms with E-state index in [0.29, 0.717) is 0 Å². The molecule has 10 rings (SSSR count). The maximum atomic E-state index is 6.68. The van der Waals surface area contributed by atoms with Crippen molar-refractivity contribution < 1.29 is 9.31 Å². The molecule has 2 aliphatic carbocycles. The fraction of sp³-hybridized carbons (Fsp3) is 0.163. The van der Waals surface area contributed by atoms with Gasteiger partial charge in [0.1, 0.15) is 0 Å². The van der Waals surface area contributed by atoms with Crippen LogP contribution in [0.25, 0.3) is 53.6 Å². The van der Waals surface area contributed by atoms with Gasteiger partial charge in [-0.25, -0.2) is 0 Å². The molecule has 1 aliphatic heterocycles. The van der Waals surface area contributed by atoms with Gasteiger partial charge in [-0.1, -0.05) is 115 Å². The quantitative estimate of drug-likeness (QED) is 0.169. The lowest BCUT2D eigenvalue weighted by Gasteiger charge is -2.35. The van der Waals surface area contributed by atoms with Crippen LogP contribution in [-0.4, -0.2) is 18.3 Å². The lowest BCUT2D eigenvalue weighted by atomic mass is 9.64. The first-order valence-electron chi connectivity index (χ1n) is 16.5. The van der Waals surface area contributed by atoms with Crippen LogP contribution in [-0.2, 0) is 14.7 Å². The molecule has 2 heterocycles. The summed E-state index contributed by atoms with van der Waals surface area (Å²) in [7, 11) is -0.462. The predicted molar refractivity (Wildman–Crippen MR) is 197 cm³/mol. The molecule has 1 aromatic heterocycles. The smallest absolute Gasteiger partial charge is 0.399 e. The molecule has 1 saturated heterocycles. The first-order valence-corrected chi connectivity index (χ1v) is 17.4. The third kappa shape index (κ3) is 3.48. The normalized spacial score (nSPS) is 19.7. The van der Waals surface area contributed by atoms with E-state index in [1.165, 1.54) is 75.8 Å². The molecule has 6 aromatic carbocycles. The zero-order valence-corrected chi connectivity index (χ0v) is 27.7. The standard InChI is InChI=1S/C43H33BO2S/c1-41(2)42(3,4)46-44(45-41)26-21-22-30-28-14-6-5-13-27(28)29-15-7-10-18-33(29)43(36(30)25-26)34-19-11-8-16-31(34)39-35(43)23-24-38-40(39)32-17-9-12-20-37(32)47-38/h5-25H,1-4H3. The maximum Gasteiger partial charge on any atom is 0.494 e. The zero-order chi connectivity index (χ0) is 31.7. The van der Waals surface area contributed by atoms with E-state index in [4.69, 9.17) is 9.31 Å². The van der Waals surface area contributed by atoms with Crippen LogP contribution in [0.4, 0.5) is 0 Å². The number of hydrogen-bond donors (Lipinski definition) is 0. The van der Waals surface area contributed by atoms with Gasteiger partial charge >= 0.3 is 7.12 Å². The van der Waals surface area contributed by atoms with Crippen LogP contribution in [0.1, 0.15) is 49.9 Å². The Bertz CT molecular complexity index is 2440. The molecular formula is C43H33BO2S. The van der Waals surface area contributed by atoms with E-state index < -0.39 is 23.7 Å². The Morgan fingerprint density at radius 3 is 1.79 bits per heavy atom. The van der Waals surface area contributed by atoms with Crippen LogP contribution in [0.3, 0.4) is 0 Å². The van der Waals surface area contributed by atoms with E-state index in [2.05, 4.69) is 155 Å². The summed E-state index contributed by atoms with van der Waals surface area (Å²) in [4.78, 5) is 0. The Kier molecular flexibility index (Phi) is 5.48. The molecule has 7 aromatic rings. The first kappa shape index (κ1) is 27.6. The van der Waals surface area contributed by atoms with Gasteiger partial charge in [-0.15, -0.1) is 11.3 Å². The van der Waals surface area contributed by atoms with Crippen LogP contribution in [0.2, 0.25) is 0 Å². The molecule has 0 saturated carbocycles. The Morgan fingerprint density at radius 2 is 1.06 bits per heavy atom. The predicted octanol–water partition coefficient (Wildman–Crippen LogP) is 10.4. The Labute approximate surface area is 279 Å². The lowest BCUT2D eigenvalue weighted by Crippen LogP contribution is -2.41. The summed E-state index contributed by atoms with van der Waals surface area (Å²) in [6, 6.07) is 47.7. The van der Waals surface area contributed by atoms with Crippen LogP contribution in [0.5, 0.6) is 0 Å². The molecule has 0 N–H and O–H groups in total. The summed E-state index contributed by atoms with van der Waals surface area (Å²) in [5.41, 5.74) is 12.6. The second-order valence-electron chi connectivity index (χ2n) is 14.2. The number of benzene rings is 6. The molecule has 4 heteroatoms. The average Bonchev–Trinajstić information content (AvgIpc) is 3.66. The maximum absolute atomic E-state index is 6.68. The number of thiophene rings is 1. The molecule has 1 fully saturated rings. The van der Waals surface area contributed by atoms with Crippen molar-refractivity contribution in [2.75, 3.05) is 0 Å². The highest BCUT2D eigenvalue weighted by atomic mass is 32.1. The van der Waals surface area contributed by atoms with E-state index in [-0.39, 0.29) is 0 Å². The number of hydrogen-bond acceptors (Lipinski definition) is 3. The third-order valence-electron chi connectivity index (χ3n) is 11.4. The van der Waals surface area contributed by atoms with Crippen molar-refractivity contribution in [3.63, 3.8) is 0 Å². The minimum atomic E-state index is -0.562. The van der Waals surface area contributed by atoms with Crippen molar-refractivity contribution in [2.24, 2.45) is 0 Å². The van der Waals surface area contributed by atoms with Gasteiger partial charge in [-0.2, -0.15) is 0 Å². The van der Waals surface area contributed by atoms with Crippen LogP contribution in [0.15, 0.2) is 127 Å². The zero-order valence-electron chi connectivity index (χ0n) is 26.9. The molecule has 1 atom stereocenters. The van der Waals surface area contributed by atoms with Gasteiger partial charge < -0.3 is 9.31 Å². The Balaban J connectivity index is 1.39. The van der Waals surface area contributed by atoms with Crippen molar-refractivity contribution in [2.45, 2.75) is 44.3 Å². The second kappa shape index (κ2) is 9.32. The molecule has 2 nitrogen and oxygen atoms in total. The Hall–Kier alpha value is -4.48. The van der Waals surface area contributed by atoms with Crippen molar-refractivity contribution in [1.82, 2.24) is 0 Å². The van der Waals surface area contributed by atoms with Gasteiger partial charge in [-0.3, -0.25) is 0 Å². The van der Waals surface area contributed by atoms with Crippen LogP contribution >= 0.6 is 11.3 Å². The van der Waals surface area contributed by atoms with E-state index in [1.807, 2.05) is 11.3 Å². The van der Waals surface area contributed by atoms with Crippen LogP contribution < -0.4 is 5.46 Å². The van der Waals surface area contributed by atoms with Gasteiger partial charge in [0.05, 0.1) is 16.6 Å². The summed E-state index contributed by atoms with van der Waals surface area (Å²) in [5, 5.41) is 2.68. The topological polar surface area (TPSA) is 18.5 Å². The molecule has 1 spiro atoms. The molecule has 1 unspecified atom stereocenters. The first-order chi connectivity index (χ1) is 22.8. The van der Waals surface area contributed by atoms with Gasteiger partial charge in [0.2, 0.25) is 0 Å². The highest BCUT2D eigenvalue weighted by molar-refractivity contribution is 7.26. The number of rotatable bonds is 1. The molecule has 3 aliphatic rings. The molecule has 47 heavy (non-hydrogen) atoms. The fourth-order valence-corrected chi connectivity index (χ4v) is 9.65. The van der Waals surface area contributed by atoms with E-state index in [0.717, 1.165) is 5.46 Å². The summed E-state index contributed by atoms with van der Waals surface area (Å²) >= 11 is 1.89. The fourth-order valence-electron chi connectivity index (χ4n) is 8.54. The summed E-state index contributed by atoms with van der Waals surface area (Å²) in [5.74, 6) is 0. The number of fused-ring (bicyclic) bond motifs is 16. The van der Waals surface area contributed by atoms with Crippen molar-refractivity contribution >= 4 is 44.1 Å². The van der Waals surface area contributed by atoms with Crippen molar-refractivity contribution in [3.8, 4) is 33.4 Å². The van der Waals surface area contributed by atoms with Crippen LogP contribution in [0, 0.1) is 0 Å². The van der Waals surface area contributed by atoms with E-state index in [1.54, 1.807) is 0 Å².